The third-order valence-corrected chi connectivity index (χ3v) is 6.29. The molecular formula is C17H16N2O4S. The lowest BCUT2D eigenvalue weighted by atomic mass is 9.91. The van der Waals surface area contributed by atoms with Crippen LogP contribution in [0.2, 0.25) is 0 Å². The molecule has 0 spiro atoms. The summed E-state index contributed by atoms with van der Waals surface area (Å²) in [5.74, 6) is 0.531. The predicted molar refractivity (Wildman–Crippen MR) is 86.7 cm³/mol. The fourth-order valence-electron chi connectivity index (χ4n) is 3.17. The minimum Gasteiger partial charge on any atom is -0.461 e. The second-order valence-corrected chi connectivity index (χ2v) is 8.06. The van der Waals surface area contributed by atoms with Crippen molar-refractivity contribution in [2.75, 3.05) is 0 Å². The largest absolute Gasteiger partial charge is 0.461 e. The number of nitrogens with zero attached hydrogens (tertiary/aromatic N) is 2. The van der Waals surface area contributed by atoms with Gasteiger partial charge in [0.25, 0.3) is 0 Å². The maximum Gasteiger partial charge on any atom is 0.242 e. The number of aromatic nitrogens is 2. The normalized spacial score (nSPS) is 17.6. The Kier molecular flexibility index (Phi) is 3.72. The topological polar surface area (TPSA) is 86.2 Å². The summed E-state index contributed by atoms with van der Waals surface area (Å²) in [6, 6.07) is 11.1. The Bertz CT molecular complexity index is 945. The Hall–Kier alpha value is -2.41. The third-order valence-electron chi connectivity index (χ3n) is 4.28. The number of hydrogen-bond donors (Lipinski definition) is 0. The van der Waals surface area contributed by atoms with Crippen LogP contribution in [0.1, 0.15) is 35.1 Å². The van der Waals surface area contributed by atoms with Crippen molar-refractivity contribution in [2.24, 2.45) is 0 Å². The summed E-state index contributed by atoms with van der Waals surface area (Å²) in [5.41, 5.74) is 2.01. The van der Waals surface area contributed by atoms with Crippen molar-refractivity contribution in [3.63, 3.8) is 0 Å². The van der Waals surface area contributed by atoms with Crippen LogP contribution in [0, 0.1) is 0 Å². The van der Waals surface area contributed by atoms with Crippen LogP contribution in [0.4, 0.5) is 0 Å². The molecule has 0 fully saturated rings. The Morgan fingerprint density at radius 2 is 2.04 bits per heavy atom. The SMILES string of the molecule is O=S(=O)(Cc1nc(-c2ccco2)no1)C1CCCc2ccccc21. The molecule has 1 unspecified atom stereocenters. The molecule has 1 aromatic carbocycles. The molecule has 24 heavy (non-hydrogen) atoms. The van der Waals surface area contributed by atoms with Gasteiger partial charge in [0.2, 0.25) is 11.7 Å². The smallest absolute Gasteiger partial charge is 0.242 e. The first-order valence-corrected chi connectivity index (χ1v) is 9.51. The molecule has 0 saturated carbocycles. The molecule has 0 aliphatic heterocycles. The quantitative estimate of drug-likeness (QED) is 0.721. The number of fused-ring (bicyclic) bond motifs is 1. The van der Waals surface area contributed by atoms with Gasteiger partial charge in [-0.05, 0) is 42.5 Å². The molecule has 124 valence electrons. The van der Waals surface area contributed by atoms with Crippen molar-refractivity contribution in [2.45, 2.75) is 30.3 Å². The summed E-state index contributed by atoms with van der Waals surface area (Å²) >= 11 is 0. The van der Waals surface area contributed by atoms with Gasteiger partial charge in [-0.1, -0.05) is 29.4 Å². The minimum atomic E-state index is -3.43. The van der Waals surface area contributed by atoms with Gasteiger partial charge in [-0.2, -0.15) is 4.98 Å². The Morgan fingerprint density at radius 3 is 2.88 bits per heavy atom. The van der Waals surface area contributed by atoms with E-state index in [1.165, 1.54) is 6.26 Å². The Labute approximate surface area is 139 Å². The number of rotatable bonds is 4. The van der Waals surface area contributed by atoms with Crippen LogP contribution in [0.3, 0.4) is 0 Å². The van der Waals surface area contributed by atoms with Gasteiger partial charge in [0, 0.05) is 0 Å². The molecule has 3 aromatic rings. The van der Waals surface area contributed by atoms with E-state index < -0.39 is 15.1 Å². The number of benzene rings is 1. The summed E-state index contributed by atoms with van der Waals surface area (Å²) in [5, 5.41) is 3.28. The average molecular weight is 344 g/mol. The van der Waals surface area contributed by atoms with Crippen molar-refractivity contribution in [3.05, 3.63) is 59.7 Å². The van der Waals surface area contributed by atoms with Crippen molar-refractivity contribution in [1.82, 2.24) is 10.1 Å². The first-order chi connectivity index (χ1) is 11.6. The minimum absolute atomic E-state index is 0.0875. The summed E-state index contributed by atoms with van der Waals surface area (Å²) in [6.45, 7) is 0. The standard InChI is InChI=1S/C17H16N2O4S/c20-24(21,15-9-3-6-12-5-1-2-7-13(12)15)11-16-18-17(19-23-16)14-8-4-10-22-14/h1-2,4-5,7-8,10,15H,3,6,9,11H2. The van der Waals surface area contributed by atoms with E-state index in [0.29, 0.717) is 12.2 Å². The summed E-state index contributed by atoms with van der Waals surface area (Å²) in [7, 11) is -3.43. The van der Waals surface area contributed by atoms with E-state index >= 15 is 0 Å². The molecule has 0 saturated heterocycles. The zero-order valence-electron chi connectivity index (χ0n) is 12.9. The lowest BCUT2D eigenvalue weighted by Crippen LogP contribution is -2.20. The molecule has 0 radical (unpaired) electrons. The maximum atomic E-state index is 12.9. The van der Waals surface area contributed by atoms with Gasteiger partial charge in [-0.3, -0.25) is 0 Å². The molecule has 1 atom stereocenters. The van der Waals surface area contributed by atoms with Crippen molar-refractivity contribution in [1.29, 1.82) is 0 Å². The van der Waals surface area contributed by atoms with E-state index in [9.17, 15) is 8.42 Å². The summed E-state index contributed by atoms with van der Waals surface area (Å²) < 4.78 is 36.0. The molecule has 7 heteroatoms. The van der Waals surface area contributed by atoms with Crippen LogP contribution >= 0.6 is 0 Å². The molecule has 0 amide bonds. The fraction of sp³-hybridized carbons (Fsp3) is 0.294. The number of sulfone groups is 1. The monoisotopic (exact) mass is 344 g/mol. The highest BCUT2D eigenvalue weighted by atomic mass is 32.2. The lowest BCUT2D eigenvalue weighted by molar-refractivity contribution is 0.387. The zero-order chi connectivity index (χ0) is 16.6. The van der Waals surface area contributed by atoms with Crippen LogP contribution in [0.5, 0.6) is 0 Å². The molecular weight excluding hydrogens is 328 g/mol. The van der Waals surface area contributed by atoms with Crippen LogP contribution in [-0.4, -0.2) is 18.6 Å². The third kappa shape index (κ3) is 2.75. The van der Waals surface area contributed by atoms with Gasteiger partial charge >= 0.3 is 0 Å². The molecule has 1 aliphatic rings. The van der Waals surface area contributed by atoms with Crippen molar-refractivity contribution >= 4 is 9.84 Å². The van der Waals surface area contributed by atoms with Crippen molar-refractivity contribution < 1.29 is 17.4 Å². The zero-order valence-corrected chi connectivity index (χ0v) is 13.7. The van der Waals surface area contributed by atoms with Crippen LogP contribution in [0.25, 0.3) is 11.6 Å². The first kappa shape index (κ1) is 15.1. The van der Waals surface area contributed by atoms with Crippen LogP contribution in [0.15, 0.2) is 51.6 Å². The maximum absolute atomic E-state index is 12.9. The molecule has 4 rings (SSSR count). The van der Waals surface area contributed by atoms with E-state index in [2.05, 4.69) is 10.1 Å². The van der Waals surface area contributed by atoms with Gasteiger partial charge in [-0.25, -0.2) is 8.42 Å². The number of hydrogen-bond acceptors (Lipinski definition) is 6. The Balaban J connectivity index is 1.61. The first-order valence-electron chi connectivity index (χ1n) is 7.79. The lowest BCUT2D eigenvalue weighted by Gasteiger charge is -2.24. The molecule has 1 aliphatic carbocycles. The van der Waals surface area contributed by atoms with Gasteiger partial charge < -0.3 is 8.94 Å². The molecule has 2 heterocycles. The van der Waals surface area contributed by atoms with E-state index in [1.54, 1.807) is 12.1 Å². The van der Waals surface area contributed by atoms with Crippen LogP contribution < -0.4 is 0 Å². The molecule has 0 bridgehead atoms. The van der Waals surface area contributed by atoms with E-state index in [0.717, 1.165) is 24.0 Å². The predicted octanol–water partition coefficient (Wildman–Crippen LogP) is 3.32. The average Bonchev–Trinajstić information content (AvgIpc) is 3.25. The molecule has 2 aromatic heterocycles. The van der Waals surface area contributed by atoms with Gasteiger partial charge in [0.15, 0.2) is 15.6 Å². The number of aryl methyl sites for hydroxylation is 1. The Morgan fingerprint density at radius 1 is 1.17 bits per heavy atom. The number of furan rings is 1. The van der Waals surface area contributed by atoms with E-state index in [-0.39, 0.29) is 17.5 Å². The second kappa shape index (κ2) is 5.90. The second-order valence-electron chi connectivity index (χ2n) is 5.88. The van der Waals surface area contributed by atoms with Gasteiger partial charge in [0.1, 0.15) is 5.75 Å². The highest BCUT2D eigenvalue weighted by molar-refractivity contribution is 7.90. The molecule has 0 N–H and O–H groups in total. The van der Waals surface area contributed by atoms with E-state index in [1.807, 2.05) is 24.3 Å². The highest BCUT2D eigenvalue weighted by Crippen LogP contribution is 2.37. The van der Waals surface area contributed by atoms with E-state index in [4.69, 9.17) is 8.94 Å². The van der Waals surface area contributed by atoms with Gasteiger partial charge in [0.05, 0.1) is 11.5 Å². The highest BCUT2D eigenvalue weighted by Gasteiger charge is 2.33. The van der Waals surface area contributed by atoms with Crippen molar-refractivity contribution in [3.8, 4) is 11.6 Å². The summed E-state index contributed by atoms with van der Waals surface area (Å²) in [6.07, 6.45) is 3.91. The van der Waals surface area contributed by atoms with Gasteiger partial charge in [-0.15, -0.1) is 0 Å². The summed E-state index contributed by atoms with van der Waals surface area (Å²) in [4.78, 5) is 4.14. The van der Waals surface area contributed by atoms with Crippen LogP contribution in [-0.2, 0) is 22.0 Å². The molecule has 6 nitrogen and oxygen atoms in total. The fourth-order valence-corrected chi connectivity index (χ4v) is 4.98.